The van der Waals surface area contributed by atoms with Crippen LogP contribution in [0.4, 0.5) is 0 Å². The standard InChI is InChI=1S/C23H29NO3/c1-15(12-23(25)24-11-10-18-8-6-5-7-9-18)19-13-20-16(2)17(3)27-22(20)14-21(19)26-4/h8,12-14H,5-7,9-11H2,1-4H3,(H,24,25)/b15-12+. The van der Waals surface area contributed by atoms with Crippen LogP contribution >= 0.6 is 0 Å². The molecule has 0 bridgehead atoms. The zero-order chi connectivity index (χ0) is 19.4. The summed E-state index contributed by atoms with van der Waals surface area (Å²) in [5.41, 5.74) is 5.19. The molecule has 1 N–H and O–H groups in total. The van der Waals surface area contributed by atoms with Crippen LogP contribution < -0.4 is 10.1 Å². The number of rotatable bonds is 6. The van der Waals surface area contributed by atoms with Crippen molar-refractivity contribution in [1.82, 2.24) is 5.32 Å². The highest BCUT2D eigenvalue weighted by Gasteiger charge is 2.14. The van der Waals surface area contributed by atoms with Crippen molar-refractivity contribution in [3.8, 4) is 5.75 Å². The first-order chi connectivity index (χ1) is 13.0. The van der Waals surface area contributed by atoms with Crippen LogP contribution in [0.15, 0.2) is 34.3 Å². The summed E-state index contributed by atoms with van der Waals surface area (Å²) in [7, 11) is 1.64. The summed E-state index contributed by atoms with van der Waals surface area (Å²) in [6.45, 7) is 6.63. The second-order valence-corrected chi connectivity index (χ2v) is 7.31. The molecule has 1 aromatic carbocycles. The fraction of sp³-hybridized carbons (Fsp3) is 0.435. The molecule has 0 saturated carbocycles. The molecule has 0 spiro atoms. The summed E-state index contributed by atoms with van der Waals surface area (Å²) >= 11 is 0. The zero-order valence-corrected chi connectivity index (χ0v) is 16.8. The van der Waals surface area contributed by atoms with Gasteiger partial charge in [0.1, 0.15) is 17.1 Å². The number of carbonyl (C=O) groups is 1. The average Bonchev–Trinajstić information content (AvgIpc) is 2.94. The van der Waals surface area contributed by atoms with Gasteiger partial charge in [-0.05, 0) is 70.1 Å². The topological polar surface area (TPSA) is 51.5 Å². The third kappa shape index (κ3) is 4.44. The average molecular weight is 367 g/mol. The van der Waals surface area contributed by atoms with Crippen molar-refractivity contribution in [2.24, 2.45) is 0 Å². The van der Waals surface area contributed by atoms with Gasteiger partial charge >= 0.3 is 0 Å². The van der Waals surface area contributed by atoms with Crippen LogP contribution in [0.1, 0.15) is 55.9 Å². The predicted octanol–water partition coefficient (Wildman–Crippen LogP) is 5.47. The minimum atomic E-state index is -0.0637. The van der Waals surface area contributed by atoms with Crippen molar-refractivity contribution < 1.29 is 13.9 Å². The van der Waals surface area contributed by atoms with E-state index >= 15 is 0 Å². The molecule has 0 aliphatic heterocycles. The number of benzene rings is 1. The van der Waals surface area contributed by atoms with Gasteiger partial charge in [0.05, 0.1) is 7.11 Å². The van der Waals surface area contributed by atoms with Crippen LogP contribution in [-0.4, -0.2) is 19.6 Å². The molecule has 1 aliphatic carbocycles. The lowest BCUT2D eigenvalue weighted by molar-refractivity contribution is -0.116. The normalized spacial score (nSPS) is 15.0. The molecule has 4 nitrogen and oxygen atoms in total. The van der Waals surface area contributed by atoms with E-state index in [1.54, 1.807) is 13.2 Å². The van der Waals surface area contributed by atoms with Crippen LogP contribution in [0.3, 0.4) is 0 Å². The van der Waals surface area contributed by atoms with E-state index in [4.69, 9.17) is 9.15 Å². The Balaban J connectivity index is 1.73. The van der Waals surface area contributed by atoms with Gasteiger partial charge in [0, 0.05) is 29.6 Å². The quantitative estimate of drug-likeness (QED) is 0.544. The number of hydrogen-bond donors (Lipinski definition) is 1. The smallest absolute Gasteiger partial charge is 0.244 e. The van der Waals surface area contributed by atoms with E-state index in [-0.39, 0.29) is 5.91 Å². The summed E-state index contributed by atoms with van der Waals surface area (Å²) in [6.07, 6.45) is 9.84. The summed E-state index contributed by atoms with van der Waals surface area (Å²) in [5.74, 6) is 1.55. The molecular formula is C23H29NO3. The molecule has 0 saturated heterocycles. The zero-order valence-electron chi connectivity index (χ0n) is 16.8. The van der Waals surface area contributed by atoms with Crippen molar-refractivity contribution in [1.29, 1.82) is 0 Å². The first kappa shape index (κ1) is 19.3. The Bertz CT molecular complexity index is 902. The van der Waals surface area contributed by atoms with E-state index in [1.807, 2.05) is 32.9 Å². The number of furan rings is 1. The highest BCUT2D eigenvalue weighted by atomic mass is 16.5. The minimum Gasteiger partial charge on any atom is -0.496 e. The minimum absolute atomic E-state index is 0.0637. The number of methoxy groups -OCH3 is 1. The maximum atomic E-state index is 12.3. The maximum absolute atomic E-state index is 12.3. The monoisotopic (exact) mass is 367 g/mol. The second-order valence-electron chi connectivity index (χ2n) is 7.31. The van der Waals surface area contributed by atoms with E-state index in [2.05, 4.69) is 11.4 Å². The summed E-state index contributed by atoms with van der Waals surface area (Å²) in [4.78, 5) is 12.3. The van der Waals surface area contributed by atoms with Crippen LogP contribution in [0.25, 0.3) is 16.5 Å². The fourth-order valence-electron chi connectivity index (χ4n) is 3.65. The van der Waals surface area contributed by atoms with Crippen LogP contribution in [-0.2, 0) is 4.79 Å². The molecular weight excluding hydrogens is 338 g/mol. The fourth-order valence-corrected chi connectivity index (χ4v) is 3.65. The van der Waals surface area contributed by atoms with E-state index < -0.39 is 0 Å². The predicted molar refractivity (Wildman–Crippen MR) is 110 cm³/mol. The molecule has 1 aromatic heterocycles. The third-order valence-electron chi connectivity index (χ3n) is 5.40. The number of ether oxygens (including phenoxy) is 1. The van der Waals surface area contributed by atoms with Gasteiger partial charge in [0.2, 0.25) is 5.91 Å². The van der Waals surface area contributed by atoms with Gasteiger partial charge in [0.15, 0.2) is 0 Å². The summed E-state index contributed by atoms with van der Waals surface area (Å²) in [6, 6.07) is 3.95. The molecule has 1 heterocycles. The van der Waals surface area contributed by atoms with Crippen molar-refractivity contribution in [2.45, 2.75) is 52.9 Å². The van der Waals surface area contributed by atoms with Gasteiger partial charge in [-0.2, -0.15) is 0 Å². The highest BCUT2D eigenvalue weighted by molar-refractivity contribution is 5.97. The van der Waals surface area contributed by atoms with E-state index in [0.717, 1.165) is 39.9 Å². The molecule has 3 rings (SSSR count). The number of aryl methyl sites for hydroxylation is 2. The number of hydrogen-bond acceptors (Lipinski definition) is 3. The third-order valence-corrected chi connectivity index (χ3v) is 5.40. The van der Waals surface area contributed by atoms with Gasteiger partial charge in [-0.25, -0.2) is 0 Å². The molecule has 144 valence electrons. The molecule has 0 fully saturated rings. The first-order valence-corrected chi connectivity index (χ1v) is 9.71. The van der Waals surface area contributed by atoms with Crippen molar-refractivity contribution in [3.05, 3.63) is 46.7 Å². The van der Waals surface area contributed by atoms with Gasteiger partial charge < -0.3 is 14.5 Å². The summed E-state index contributed by atoms with van der Waals surface area (Å²) < 4.78 is 11.3. The Morgan fingerprint density at radius 3 is 2.81 bits per heavy atom. The van der Waals surface area contributed by atoms with Gasteiger partial charge in [-0.15, -0.1) is 0 Å². The number of fused-ring (bicyclic) bond motifs is 1. The maximum Gasteiger partial charge on any atom is 0.244 e. The SMILES string of the molecule is COc1cc2oc(C)c(C)c2cc1/C(C)=C/C(=O)NCCC1=CCCCC1. The lowest BCUT2D eigenvalue weighted by atomic mass is 9.97. The molecule has 0 radical (unpaired) electrons. The lowest BCUT2D eigenvalue weighted by Crippen LogP contribution is -2.23. The molecule has 1 amide bonds. The van der Waals surface area contributed by atoms with Gasteiger partial charge in [-0.3, -0.25) is 4.79 Å². The van der Waals surface area contributed by atoms with Crippen LogP contribution in [0.2, 0.25) is 0 Å². The van der Waals surface area contributed by atoms with Crippen LogP contribution in [0.5, 0.6) is 5.75 Å². The van der Waals surface area contributed by atoms with Crippen molar-refractivity contribution >= 4 is 22.4 Å². The second kappa shape index (κ2) is 8.47. The van der Waals surface area contributed by atoms with E-state index in [0.29, 0.717) is 12.3 Å². The lowest BCUT2D eigenvalue weighted by Gasteiger charge is -2.13. The van der Waals surface area contributed by atoms with Gasteiger partial charge in [0.25, 0.3) is 0 Å². The Labute approximate surface area is 161 Å². The molecule has 27 heavy (non-hydrogen) atoms. The van der Waals surface area contributed by atoms with Crippen molar-refractivity contribution in [3.63, 3.8) is 0 Å². The number of nitrogens with one attached hydrogen (secondary N) is 1. The molecule has 4 heteroatoms. The Morgan fingerprint density at radius 2 is 2.11 bits per heavy atom. The highest BCUT2D eigenvalue weighted by Crippen LogP contribution is 2.34. The molecule has 2 aromatic rings. The number of allylic oxidation sites excluding steroid dienone is 2. The van der Waals surface area contributed by atoms with E-state index in [1.165, 1.54) is 31.3 Å². The number of carbonyl (C=O) groups excluding carboxylic acids is 1. The number of amides is 1. The largest absolute Gasteiger partial charge is 0.496 e. The van der Waals surface area contributed by atoms with E-state index in [9.17, 15) is 4.79 Å². The Morgan fingerprint density at radius 1 is 1.30 bits per heavy atom. The molecule has 0 unspecified atom stereocenters. The van der Waals surface area contributed by atoms with Gasteiger partial charge in [-0.1, -0.05) is 11.6 Å². The van der Waals surface area contributed by atoms with Crippen molar-refractivity contribution in [2.75, 3.05) is 13.7 Å². The molecule has 0 atom stereocenters. The Hall–Kier alpha value is -2.49. The summed E-state index contributed by atoms with van der Waals surface area (Å²) in [5, 5.41) is 4.06. The Kier molecular flexibility index (Phi) is 6.04. The van der Waals surface area contributed by atoms with Crippen LogP contribution in [0, 0.1) is 13.8 Å². The first-order valence-electron chi connectivity index (χ1n) is 9.71. The molecule has 1 aliphatic rings.